The highest BCUT2D eigenvalue weighted by molar-refractivity contribution is 7.96. The molecular formula is C26H32FO3S+. The smallest absolute Gasteiger partial charge is 0.345 e. The summed E-state index contributed by atoms with van der Waals surface area (Å²) in [6.45, 7) is 3.97. The summed E-state index contributed by atoms with van der Waals surface area (Å²) in [5, 5.41) is 0. The van der Waals surface area contributed by atoms with Gasteiger partial charge in [0, 0.05) is 10.9 Å². The van der Waals surface area contributed by atoms with Gasteiger partial charge in [-0.2, -0.15) is 0 Å². The zero-order valence-corrected chi connectivity index (χ0v) is 19.4. The van der Waals surface area contributed by atoms with Crippen LogP contribution in [0.5, 0.6) is 5.75 Å². The van der Waals surface area contributed by atoms with Gasteiger partial charge in [0.2, 0.25) is 0 Å². The lowest BCUT2D eigenvalue weighted by atomic mass is 9.92. The summed E-state index contributed by atoms with van der Waals surface area (Å²) in [5.41, 5.74) is 2.14. The fraction of sp³-hybridized carbons (Fsp3) is 0.500. The van der Waals surface area contributed by atoms with Gasteiger partial charge in [0.25, 0.3) is 0 Å². The van der Waals surface area contributed by atoms with E-state index in [-0.39, 0.29) is 12.4 Å². The van der Waals surface area contributed by atoms with Gasteiger partial charge in [-0.3, -0.25) is 0 Å². The lowest BCUT2D eigenvalue weighted by molar-refractivity contribution is -0.163. The molecule has 0 radical (unpaired) electrons. The summed E-state index contributed by atoms with van der Waals surface area (Å²) in [7, 11) is 0.340. The van der Waals surface area contributed by atoms with E-state index in [2.05, 4.69) is 26.0 Å². The molecule has 4 rings (SSSR count). The van der Waals surface area contributed by atoms with E-state index in [1.165, 1.54) is 47.8 Å². The Hall–Kier alpha value is -2.01. The van der Waals surface area contributed by atoms with Crippen LogP contribution in [0.4, 0.5) is 4.39 Å². The van der Waals surface area contributed by atoms with Crippen LogP contribution >= 0.6 is 0 Å². The number of carbonyl (C=O) groups excluding carboxylic acids is 1. The molecule has 0 N–H and O–H groups in total. The normalized spacial score (nSPS) is 18.7. The van der Waals surface area contributed by atoms with Crippen molar-refractivity contribution in [2.45, 2.75) is 69.3 Å². The van der Waals surface area contributed by atoms with Gasteiger partial charge in [0.05, 0.1) is 0 Å². The molecule has 3 nitrogen and oxygen atoms in total. The number of aryl methyl sites for hydroxylation is 2. The summed E-state index contributed by atoms with van der Waals surface area (Å²) >= 11 is 0. The van der Waals surface area contributed by atoms with Crippen molar-refractivity contribution in [3.8, 4) is 5.75 Å². The van der Waals surface area contributed by atoms with E-state index in [0.717, 1.165) is 48.1 Å². The summed E-state index contributed by atoms with van der Waals surface area (Å²) in [6.07, 6.45) is 7.35. The van der Waals surface area contributed by atoms with Crippen molar-refractivity contribution in [2.24, 2.45) is 0 Å². The second-order valence-corrected chi connectivity index (χ2v) is 11.1. The van der Waals surface area contributed by atoms with Gasteiger partial charge in [-0.1, -0.05) is 12.1 Å². The van der Waals surface area contributed by atoms with E-state index in [0.29, 0.717) is 10.9 Å². The van der Waals surface area contributed by atoms with Crippen LogP contribution in [-0.4, -0.2) is 24.1 Å². The number of benzene rings is 2. The summed E-state index contributed by atoms with van der Waals surface area (Å²) < 4.78 is 25.7. The highest BCUT2D eigenvalue weighted by Crippen LogP contribution is 2.42. The fourth-order valence-electron chi connectivity index (χ4n) is 4.92. The van der Waals surface area contributed by atoms with Crippen molar-refractivity contribution in [2.75, 3.05) is 18.1 Å². The first-order valence-electron chi connectivity index (χ1n) is 11.4. The Bertz CT molecular complexity index is 907. The molecule has 2 aromatic rings. The van der Waals surface area contributed by atoms with E-state index in [9.17, 15) is 9.18 Å². The van der Waals surface area contributed by atoms with E-state index >= 15 is 0 Å². The predicted molar refractivity (Wildman–Crippen MR) is 123 cm³/mol. The lowest BCUT2D eigenvalue weighted by Gasteiger charge is -2.29. The number of hydrogen-bond donors (Lipinski definition) is 0. The Kier molecular flexibility index (Phi) is 6.90. The van der Waals surface area contributed by atoms with Crippen molar-refractivity contribution in [1.82, 2.24) is 0 Å². The van der Waals surface area contributed by atoms with E-state index in [1.54, 1.807) is 6.07 Å². The summed E-state index contributed by atoms with van der Waals surface area (Å²) in [5.74, 6) is 2.64. The third kappa shape index (κ3) is 5.08. The van der Waals surface area contributed by atoms with Crippen LogP contribution < -0.4 is 4.74 Å². The third-order valence-electron chi connectivity index (χ3n) is 6.45. The Morgan fingerprint density at radius 3 is 2.32 bits per heavy atom. The second-order valence-electron chi connectivity index (χ2n) is 8.82. The number of ether oxygens (including phenoxy) is 2. The van der Waals surface area contributed by atoms with Crippen molar-refractivity contribution in [1.29, 1.82) is 0 Å². The Labute approximate surface area is 187 Å². The molecule has 1 aliphatic carbocycles. The lowest BCUT2D eigenvalue weighted by Crippen LogP contribution is -2.32. The molecule has 1 saturated carbocycles. The molecule has 166 valence electrons. The standard InChI is InChI=1S/C26H32FO3S/c1-19-15-23(31-13-6-3-7-14-31)16-20(2)25(19)29-18-24(28)30-26(11-4-5-12-26)21-9-8-10-22(27)17-21/h8-10,15-17H,3-7,11-14,18H2,1-2H3/q+1. The molecule has 0 atom stereocenters. The topological polar surface area (TPSA) is 35.5 Å². The van der Waals surface area contributed by atoms with Gasteiger partial charge in [0.1, 0.15) is 28.7 Å². The van der Waals surface area contributed by atoms with Crippen LogP contribution in [0, 0.1) is 19.7 Å². The van der Waals surface area contributed by atoms with Crippen molar-refractivity contribution in [3.63, 3.8) is 0 Å². The van der Waals surface area contributed by atoms with Gasteiger partial charge in [-0.15, -0.1) is 0 Å². The molecule has 2 aromatic carbocycles. The fourth-order valence-corrected chi connectivity index (χ4v) is 7.39. The van der Waals surface area contributed by atoms with Crippen LogP contribution in [0.3, 0.4) is 0 Å². The van der Waals surface area contributed by atoms with E-state index in [4.69, 9.17) is 9.47 Å². The maximum Gasteiger partial charge on any atom is 0.345 e. The van der Waals surface area contributed by atoms with E-state index in [1.807, 2.05) is 6.07 Å². The first-order chi connectivity index (χ1) is 15.0. The van der Waals surface area contributed by atoms with Crippen LogP contribution in [0.25, 0.3) is 0 Å². The van der Waals surface area contributed by atoms with Gasteiger partial charge in [-0.25, -0.2) is 9.18 Å². The molecule has 0 bridgehead atoms. The second kappa shape index (κ2) is 9.64. The SMILES string of the molecule is Cc1cc([S+]2CCCCC2)cc(C)c1OCC(=O)OC1(c2cccc(F)c2)CCCC1. The minimum absolute atomic E-state index is 0.135. The zero-order chi connectivity index (χ0) is 21.8. The summed E-state index contributed by atoms with van der Waals surface area (Å²) in [4.78, 5) is 14.2. The number of carbonyl (C=O) groups is 1. The molecule has 1 aliphatic heterocycles. The van der Waals surface area contributed by atoms with Gasteiger partial charge in [0.15, 0.2) is 11.5 Å². The van der Waals surface area contributed by atoms with Gasteiger partial charge >= 0.3 is 5.97 Å². The highest BCUT2D eigenvalue weighted by atomic mass is 32.2. The number of halogens is 1. The van der Waals surface area contributed by atoms with Gasteiger partial charge < -0.3 is 9.47 Å². The molecule has 0 unspecified atom stereocenters. The molecule has 0 amide bonds. The average molecular weight is 444 g/mol. The molecule has 0 spiro atoms. The summed E-state index contributed by atoms with van der Waals surface area (Å²) in [6, 6.07) is 10.9. The third-order valence-corrected chi connectivity index (χ3v) is 8.92. The molecule has 1 saturated heterocycles. The van der Waals surface area contributed by atoms with Crippen molar-refractivity contribution < 1.29 is 18.7 Å². The Morgan fingerprint density at radius 1 is 1.00 bits per heavy atom. The number of esters is 1. The molecule has 2 fully saturated rings. The minimum Gasteiger partial charge on any atom is -0.481 e. The first-order valence-corrected chi connectivity index (χ1v) is 12.9. The van der Waals surface area contributed by atoms with Crippen LogP contribution in [0.2, 0.25) is 0 Å². The molecule has 0 aromatic heterocycles. The maximum absolute atomic E-state index is 13.8. The average Bonchev–Trinajstić information content (AvgIpc) is 3.23. The molecule has 31 heavy (non-hydrogen) atoms. The molecule has 1 heterocycles. The monoisotopic (exact) mass is 443 g/mol. The van der Waals surface area contributed by atoms with Crippen LogP contribution in [0.15, 0.2) is 41.3 Å². The molecule has 5 heteroatoms. The Morgan fingerprint density at radius 2 is 1.68 bits per heavy atom. The highest BCUT2D eigenvalue weighted by Gasteiger charge is 2.40. The van der Waals surface area contributed by atoms with Crippen LogP contribution in [0.1, 0.15) is 61.6 Å². The number of rotatable bonds is 6. The molecule has 2 aliphatic rings. The van der Waals surface area contributed by atoms with Crippen molar-refractivity contribution in [3.05, 3.63) is 58.9 Å². The zero-order valence-electron chi connectivity index (χ0n) is 18.5. The Balaban J connectivity index is 1.43. The quantitative estimate of drug-likeness (QED) is 0.406. The maximum atomic E-state index is 13.8. The van der Waals surface area contributed by atoms with Crippen LogP contribution in [-0.2, 0) is 26.0 Å². The van der Waals surface area contributed by atoms with E-state index < -0.39 is 11.6 Å². The minimum atomic E-state index is -0.738. The molecular weight excluding hydrogens is 411 g/mol. The number of hydrogen-bond acceptors (Lipinski definition) is 3. The largest absolute Gasteiger partial charge is 0.481 e. The van der Waals surface area contributed by atoms with Gasteiger partial charge in [-0.05, 0) is 99.7 Å². The van der Waals surface area contributed by atoms with Crippen molar-refractivity contribution >= 4 is 16.9 Å². The first kappa shape index (κ1) is 22.2. The predicted octanol–water partition coefficient (Wildman–Crippen LogP) is 6.00.